The molecule has 0 saturated heterocycles. The zero-order chi connectivity index (χ0) is 13.8. The van der Waals surface area contributed by atoms with E-state index in [-0.39, 0.29) is 17.8 Å². The molecule has 0 spiro atoms. The molecular formula is C13H24O4. The molecule has 0 aromatic rings. The van der Waals surface area contributed by atoms with Crippen molar-refractivity contribution in [3.63, 3.8) is 0 Å². The molecule has 1 N–H and O–H groups in total. The first-order valence-electron chi connectivity index (χ1n) is 5.83. The van der Waals surface area contributed by atoms with Crippen LogP contribution in [-0.4, -0.2) is 23.7 Å². The highest BCUT2D eigenvalue weighted by atomic mass is 16.5. The highest BCUT2D eigenvalue weighted by Gasteiger charge is 2.19. The molecule has 0 aliphatic rings. The van der Waals surface area contributed by atoms with Gasteiger partial charge in [-0.1, -0.05) is 39.8 Å². The Hall–Kier alpha value is -1.32. The summed E-state index contributed by atoms with van der Waals surface area (Å²) in [7, 11) is 0. The first-order chi connectivity index (χ1) is 7.86. The molecule has 0 saturated carbocycles. The number of hydrogen-bond acceptors (Lipinski definition) is 3. The molecule has 17 heavy (non-hydrogen) atoms. The van der Waals surface area contributed by atoms with Gasteiger partial charge in [-0.15, -0.1) is 0 Å². The van der Waals surface area contributed by atoms with Crippen LogP contribution in [0, 0.1) is 11.8 Å². The Labute approximate surface area is 104 Å². The van der Waals surface area contributed by atoms with Crippen molar-refractivity contribution in [2.45, 2.75) is 40.5 Å². The number of carbonyl (C=O) groups is 2. The van der Waals surface area contributed by atoms with Crippen molar-refractivity contribution in [2.75, 3.05) is 6.61 Å². The van der Waals surface area contributed by atoms with Crippen LogP contribution < -0.4 is 0 Å². The third-order valence-corrected chi connectivity index (χ3v) is 2.13. The minimum absolute atomic E-state index is 0.148. The van der Waals surface area contributed by atoms with Gasteiger partial charge in [0.15, 0.2) is 0 Å². The third-order valence-electron chi connectivity index (χ3n) is 2.13. The zero-order valence-corrected chi connectivity index (χ0v) is 11.2. The van der Waals surface area contributed by atoms with E-state index in [1.807, 2.05) is 20.8 Å². The maximum absolute atomic E-state index is 10.5. The molecule has 1 atom stereocenters. The van der Waals surface area contributed by atoms with Gasteiger partial charge in [0.1, 0.15) is 6.61 Å². The number of hydrogen-bond donors (Lipinski definition) is 1. The molecule has 0 rings (SSSR count). The van der Waals surface area contributed by atoms with Crippen LogP contribution in [0.25, 0.3) is 0 Å². The van der Waals surface area contributed by atoms with Crippen LogP contribution in [0.3, 0.4) is 0 Å². The molecule has 0 unspecified atom stereocenters. The Kier molecular flexibility index (Phi) is 11.9. The van der Waals surface area contributed by atoms with Crippen LogP contribution in [0.4, 0.5) is 0 Å². The predicted octanol–water partition coefficient (Wildman–Crippen LogP) is 2.88. The first kappa shape index (κ1) is 18.1. The summed E-state index contributed by atoms with van der Waals surface area (Å²) in [5.74, 6) is -0.806. The maximum Gasteiger partial charge on any atom is 0.306 e. The van der Waals surface area contributed by atoms with Gasteiger partial charge in [0.25, 0.3) is 0 Å². The number of aliphatic carboxylic acids is 1. The van der Waals surface area contributed by atoms with Crippen LogP contribution >= 0.6 is 0 Å². The van der Waals surface area contributed by atoms with Gasteiger partial charge in [-0.2, -0.15) is 0 Å². The maximum atomic E-state index is 10.5. The van der Waals surface area contributed by atoms with Crippen molar-refractivity contribution in [3.8, 4) is 0 Å². The van der Waals surface area contributed by atoms with Gasteiger partial charge in [0.05, 0.1) is 5.92 Å². The summed E-state index contributed by atoms with van der Waals surface area (Å²) < 4.78 is 4.43. The van der Waals surface area contributed by atoms with E-state index in [4.69, 9.17) is 5.11 Å². The molecule has 0 aromatic carbocycles. The Bertz CT molecular complexity index is 234. The highest BCUT2D eigenvalue weighted by Crippen LogP contribution is 2.16. The number of carboxylic acid groups (broad SMARTS) is 1. The lowest BCUT2D eigenvalue weighted by atomic mass is 9.92. The van der Waals surface area contributed by atoms with E-state index < -0.39 is 5.97 Å². The van der Waals surface area contributed by atoms with E-state index in [2.05, 4.69) is 11.3 Å². The van der Waals surface area contributed by atoms with Gasteiger partial charge in [0, 0.05) is 6.92 Å². The second-order valence-electron chi connectivity index (χ2n) is 4.07. The summed E-state index contributed by atoms with van der Waals surface area (Å²) in [6.07, 6.45) is 3.28. The quantitative estimate of drug-likeness (QED) is 0.576. The lowest BCUT2D eigenvalue weighted by molar-refractivity contribution is -0.143. The number of rotatable bonds is 6. The van der Waals surface area contributed by atoms with E-state index in [0.717, 1.165) is 12.8 Å². The number of carbonyl (C=O) groups excluding carboxylic acids is 1. The smallest absolute Gasteiger partial charge is 0.306 e. The van der Waals surface area contributed by atoms with Crippen molar-refractivity contribution >= 4 is 11.9 Å². The van der Waals surface area contributed by atoms with Gasteiger partial charge in [-0.3, -0.25) is 9.59 Å². The average Bonchev–Trinajstić information content (AvgIpc) is 2.22. The minimum Gasteiger partial charge on any atom is -0.481 e. The monoisotopic (exact) mass is 244 g/mol. The topological polar surface area (TPSA) is 63.6 Å². The molecule has 0 bridgehead atoms. The van der Waals surface area contributed by atoms with Crippen LogP contribution in [0.5, 0.6) is 0 Å². The fraction of sp³-hybridized carbons (Fsp3) is 0.692. The van der Waals surface area contributed by atoms with Gasteiger partial charge < -0.3 is 9.84 Å². The lowest BCUT2D eigenvalue weighted by Crippen LogP contribution is -2.19. The molecule has 0 aliphatic carbocycles. The lowest BCUT2D eigenvalue weighted by Gasteiger charge is -2.13. The fourth-order valence-corrected chi connectivity index (χ4v) is 1.23. The molecule has 4 nitrogen and oxygen atoms in total. The summed E-state index contributed by atoms with van der Waals surface area (Å²) in [6, 6.07) is 0. The number of esters is 1. The molecule has 4 heteroatoms. The molecule has 0 aromatic heterocycles. The van der Waals surface area contributed by atoms with Crippen molar-refractivity contribution in [2.24, 2.45) is 11.8 Å². The summed E-state index contributed by atoms with van der Waals surface area (Å²) in [4.78, 5) is 20.5. The Morgan fingerprint density at radius 3 is 2.06 bits per heavy atom. The molecule has 0 heterocycles. The van der Waals surface area contributed by atoms with Gasteiger partial charge in [-0.05, 0) is 12.3 Å². The number of carboxylic acids is 1. The highest BCUT2D eigenvalue weighted by molar-refractivity contribution is 5.70. The summed E-state index contributed by atoms with van der Waals surface area (Å²) >= 11 is 0. The Balaban J connectivity index is 0. The summed E-state index contributed by atoms with van der Waals surface area (Å²) in [6.45, 7) is 11.0. The van der Waals surface area contributed by atoms with E-state index in [1.165, 1.54) is 13.0 Å². The number of ether oxygens (including phenoxy) is 1. The van der Waals surface area contributed by atoms with Gasteiger partial charge >= 0.3 is 11.9 Å². The zero-order valence-electron chi connectivity index (χ0n) is 11.2. The van der Waals surface area contributed by atoms with E-state index in [0.29, 0.717) is 6.61 Å². The SMILES string of the molecule is C=CCOC(C)=O.CCC[C@H](C(=O)O)C(C)C. The van der Waals surface area contributed by atoms with Crippen molar-refractivity contribution in [1.29, 1.82) is 0 Å². The second kappa shape index (κ2) is 11.2. The first-order valence-corrected chi connectivity index (χ1v) is 5.83. The standard InChI is InChI=1S/C8H16O2.C5H8O2/c1-4-5-7(6(2)3)8(9)10;1-3-4-7-5(2)6/h6-7H,4-5H2,1-3H3,(H,9,10);3H,1,4H2,2H3/t7-;/m0./s1. The van der Waals surface area contributed by atoms with E-state index in [1.54, 1.807) is 0 Å². The molecular weight excluding hydrogens is 220 g/mol. The average molecular weight is 244 g/mol. The van der Waals surface area contributed by atoms with Crippen LogP contribution in [0.2, 0.25) is 0 Å². The van der Waals surface area contributed by atoms with Gasteiger partial charge in [0.2, 0.25) is 0 Å². The van der Waals surface area contributed by atoms with Crippen molar-refractivity contribution < 1.29 is 19.4 Å². The van der Waals surface area contributed by atoms with Crippen LogP contribution in [-0.2, 0) is 14.3 Å². The largest absolute Gasteiger partial charge is 0.481 e. The normalized spacial score (nSPS) is 11.1. The Morgan fingerprint density at radius 2 is 1.94 bits per heavy atom. The molecule has 0 fully saturated rings. The molecule has 0 amide bonds. The summed E-state index contributed by atoms with van der Waals surface area (Å²) in [5, 5.41) is 8.67. The summed E-state index contributed by atoms with van der Waals surface area (Å²) in [5.41, 5.74) is 0. The Morgan fingerprint density at radius 1 is 1.41 bits per heavy atom. The minimum atomic E-state index is -0.656. The molecule has 0 aliphatic heterocycles. The van der Waals surface area contributed by atoms with Crippen LogP contribution in [0.1, 0.15) is 40.5 Å². The molecule has 100 valence electrons. The van der Waals surface area contributed by atoms with Crippen molar-refractivity contribution in [3.05, 3.63) is 12.7 Å². The molecule has 0 radical (unpaired) electrons. The van der Waals surface area contributed by atoms with Crippen molar-refractivity contribution in [1.82, 2.24) is 0 Å². The predicted molar refractivity (Wildman–Crippen MR) is 67.7 cm³/mol. The van der Waals surface area contributed by atoms with Gasteiger partial charge in [-0.25, -0.2) is 0 Å². The second-order valence-corrected chi connectivity index (χ2v) is 4.07. The fourth-order valence-electron chi connectivity index (χ4n) is 1.23. The third kappa shape index (κ3) is 12.6. The van der Waals surface area contributed by atoms with E-state index >= 15 is 0 Å². The van der Waals surface area contributed by atoms with Crippen LogP contribution in [0.15, 0.2) is 12.7 Å². The van der Waals surface area contributed by atoms with E-state index in [9.17, 15) is 9.59 Å².